The van der Waals surface area contributed by atoms with Crippen LogP contribution < -0.4 is 15.2 Å². The molecular formula is C25H31NO5. The lowest BCUT2D eigenvalue weighted by atomic mass is 9.76. The van der Waals surface area contributed by atoms with Gasteiger partial charge in [-0.3, -0.25) is 9.59 Å². The standard InChI is InChI=1S/C25H31NO5/c1-13(2)11-25(24(29)18-7-9-19(26)10-8-18)12-20(28)21-16(5)22(30-17(6)27)14(3)15(4)23(21)31-25/h7-10,13,24,29H,11-12,26H2,1-6H3. The summed E-state index contributed by atoms with van der Waals surface area (Å²) in [5.41, 5.74) is 8.40. The van der Waals surface area contributed by atoms with Crippen LogP contribution in [0.1, 0.15) is 72.3 Å². The maximum absolute atomic E-state index is 13.4. The minimum atomic E-state index is -1.11. The molecule has 1 heterocycles. The number of esters is 1. The largest absolute Gasteiger partial charge is 0.483 e. The Morgan fingerprint density at radius 3 is 2.32 bits per heavy atom. The van der Waals surface area contributed by atoms with Gasteiger partial charge in [0, 0.05) is 18.2 Å². The minimum absolute atomic E-state index is 0.0204. The fourth-order valence-electron chi connectivity index (χ4n) is 4.50. The number of aliphatic hydroxyl groups is 1. The van der Waals surface area contributed by atoms with E-state index in [1.165, 1.54) is 6.92 Å². The first-order valence-corrected chi connectivity index (χ1v) is 10.5. The highest BCUT2D eigenvalue weighted by atomic mass is 16.5. The molecule has 3 N–H and O–H groups in total. The number of carbonyl (C=O) groups is 2. The Labute approximate surface area is 183 Å². The van der Waals surface area contributed by atoms with Crippen molar-refractivity contribution in [3.63, 3.8) is 0 Å². The molecule has 2 atom stereocenters. The van der Waals surface area contributed by atoms with Gasteiger partial charge in [0.25, 0.3) is 0 Å². The number of anilines is 1. The van der Waals surface area contributed by atoms with Crippen molar-refractivity contribution in [1.82, 2.24) is 0 Å². The van der Waals surface area contributed by atoms with Gasteiger partial charge in [-0.1, -0.05) is 26.0 Å². The van der Waals surface area contributed by atoms with Crippen LogP contribution in [0.5, 0.6) is 11.5 Å². The monoisotopic (exact) mass is 425 g/mol. The molecule has 0 amide bonds. The predicted molar refractivity (Wildman–Crippen MR) is 120 cm³/mol. The van der Waals surface area contributed by atoms with Gasteiger partial charge in [0.2, 0.25) is 0 Å². The summed E-state index contributed by atoms with van der Waals surface area (Å²) in [6.07, 6.45) is -0.500. The Kier molecular flexibility index (Phi) is 6.14. The number of carbonyl (C=O) groups excluding carboxylic acids is 2. The molecule has 2 aromatic carbocycles. The van der Waals surface area contributed by atoms with Gasteiger partial charge in [0.15, 0.2) is 5.78 Å². The molecule has 6 nitrogen and oxygen atoms in total. The van der Waals surface area contributed by atoms with Crippen LogP contribution in [-0.4, -0.2) is 22.5 Å². The molecule has 0 spiro atoms. The molecule has 31 heavy (non-hydrogen) atoms. The van der Waals surface area contributed by atoms with Crippen molar-refractivity contribution < 1.29 is 24.2 Å². The van der Waals surface area contributed by atoms with Gasteiger partial charge in [0.1, 0.15) is 23.2 Å². The predicted octanol–water partition coefficient (Wildman–Crippen LogP) is 4.60. The third-order valence-electron chi connectivity index (χ3n) is 5.98. The average molecular weight is 426 g/mol. The van der Waals surface area contributed by atoms with Crippen molar-refractivity contribution in [2.45, 2.75) is 66.1 Å². The van der Waals surface area contributed by atoms with E-state index in [-0.39, 0.29) is 18.1 Å². The van der Waals surface area contributed by atoms with Crippen LogP contribution in [-0.2, 0) is 4.79 Å². The molecule has 0 saturated carbocycles. The summed E-state index contributed by atoms with van der Waals surface area (Å²) in [6, 6.07) is 6.98. The molecule has 0 fully saturated rings. The number of benzene rings is 2. The van der Waals surface area contributed by atoms with E-state index in [2.05, 4.69) is 0 Å². The lowest BCUT2D eigenvalue weighted by Gasteiger charge is -2.43. The number of Topliss-reactive ketones (excluding diaryl/α,β-unsaturated/α-hetero) is 1. The van der Waals surface area contributed by atoms with Gasteiger partial charge in [-0.05, 0) is 61.9 Å². The van der Waals surface area contributed by atoms with Gasteiger partial charge in [-0.15, -0.1) is 0 Å². The van der Waals surface area contributed by atoms with Gasteiger partial charge in [-0.25, -0.2) is 0 Å². The van der Waals surface area contributed by atoms with E-state index in [1.54, 1.807) is 31.2 Å². The quantitative estimate of drug-likeness (QED) is 0.413. The van der Waals surface area contributed by atoms with E-state index >= 15 is 0 Å². The molecule has 3 rings (SSSR count). The Balaban J connectivity index is 2.17. The number of ketones is 1. The Bertz CT molecular complexity index is 1030. The van der Waals surface area contributed by atoms with Crippen LogP contribution in [0.25, 0.3) is 0 Å². The first-order chi connectivity index (χ1) is 14.5. The van der Waals surface area contributed by atoms with Crippen LogP contribution in [0, 0.1) is 26.7 Å². The third kappa shape index (κ3) is 4.17. The molecule has 0 aromatic heterocycles. The number of fused-ring (bicyclic) bond motifs is 1. The highest BCUT2D eigenvalue weighted by molar-refractivity contribution is 6.03. The maximum atomic E-state index is 13.4. The van der Waals surface area contributed by atoms with Crippen LogP contribution in [0.15, 0.2) is 24.3 Å². The zero-order valence-electron chi connectivity index (χ0n) is 19.0. The molecule has 0 aliphatic carbocycles. The van der Waals surface area contributed by atoms with Crippen molar-refractivity contribution in [3.8, 4) is 11.5 Å². The molecule has 1 aliphatic rings. The van der Waals surface area contributed by atoms with Gasteiger partial charge < -0.3 is 20.3 Å². The molecule has 0 saturated heterocycles. The highest BCUT2D eigenvalue weighted by Gasteiger charge is 2.48. The molecule has 1 aliphatic heterocycles. The number of aliphatic hydroxyl groups excluding tert-OH is 1. The zero-order chi connectivity index (χ0) is 23.1. The van der Waals surface area contributed by atoms with E-state index in [9.17, 15) is 14.7 Å². The molecule has 0 radical (unpaired) electrons. The lowest BCUT2D eigenvalue weighted by Crippen LogP contribution is -2.48. The number of hydrogen-bond donors (Lipinski definition) is 2. The summed E-state index contributed by atoms with van der Waals surface area (Å²) < 4.78 is 12.0. The summed E-state index contributed by atoms with van der Waals surface area (Å²) in [5, 5.41) is 11.4. The number of rotatable bonds is 5. The van der Waals surface area contributed by atoms with Gasteiger partial charge in [-0.2, -0.15) is 0 Å². The Morgan fingerprint density at radius 2 is 1.77 bits per heavy atom. The molecule has 2 aromatic rings. The Morgan fingerprint density at radius 1 is 1.16 bits per heavy atom. The van der Waals surface area contributed by atoms with Gasteiger partial charge >= 0.3 is 5.97 Å². The van der Waals surface area contributed by atoms with E-state index in [1.807, 2.05) is 27.7 Å². The van der Waals surface area contributed by atoms with Crippen LogP contribution in [0.2, 0.25) is 0 Å². The number of nitrogen functional groups attached to an aromatic ring is 1. The minimum Gasteiger partial charge on any atom is -0.483 e. The van der Waals surface area contributed by atoms with Crippen LogP contribution in [0.3, 0.4) is 0 Å². The smallest absolute Gasteiger partial charge is 0.308 e. The number of hydrogen-bond acceptors (Lipinski definition) is 6. The topological polar surface area (TPSA) is 98.9 Å². The average Bonchev–Trinajstić information content (AvgIpc) is 2.68. The SMILES string of the molecule is CC(=O)Oc1c(C)c(C)c2c(c1C)C(=O)CC(CC(C)C)(C(O)c1ccc(N)cc1)O2. The summed E-state index contributed by atoms with van der Waals surface area (Å²) in [4.78, 5) is 25.0. The maximum Gasteiger partial charge on any atom is 0.308 e. The van der Waals surface area contributed by atoms with Gasteiger partial charge in [0.05, 0.1) is 12.0 Å². The van der Waals surface area contributed by atoms with Crippen molar-refractivity contribution in [2.75, 3.05) is 5.73 Å². The molecule has 6 heteroatoms. The Hall–Kier alpha value is -2.86. The summed E-state index contributed by atoms with van der Waals surface area (Å²) in [7, 11) is 0. The fourth-order valence-corrected chi connectivity index (χ4v) is 4.50. The summed E-state index contributed by atoms with van der Waals surface area (Å²) in [5.74, 6) is 0.460. The van der Waals surface area contributed by atoms with E-state index in [0.717, 1.165) is 11.1 Å². The summed E-state index contributed by atoms with van der Waals surface area (Å²) >= 11 is 0. The third-order valence-corrected chi connectivity index (χ3v) is 5.98. The first-order valence-electron chi connectivity index (χ1n) is 10.5. The lowest BCUT2D eigenvalue weighted by molar-refractivity contribution is -0.132. The molecule has 166 valence electrons. The van der Waals surface area contributed by atoms with Crippen molar-refractivity contribution in [2.24, 2.45) is 5.92 Å². The van der Waals surface area contributed by atoms with Crippen molar-refractivity contribution in [1.29, 1.82) is 0 Å². The van der Waals surface area contributed by atoms with Crippen LogP contribution in [0.4, 0.5) is 5.69 Å². The second kappa shape index (κ2) is 8.35. The van der Waals surface area contributed by atoms with Crippen molar-refractivity contribution in [3.05, 3.63) is 52.1 Å². The molecule has 0 bridgehead atoms. The van der Waals surface area contributed by atoms with E-state index in [4.69, 9.17) is 15.2 Å². The fraction of sp³-hybridized carbons (Fsp3) is 0.440. The van der Waals surface area contributed by atoms with Crippen LogP contribution >= 0.6 is 0 Å². The number of nitrogens with two attached hydrogens (primary N) is 1. The second-order valence-electron chi connectivity index (χ2n) is 8.94. The van der Waals surface area contributed by atoms with E-state index < -0.39 is 17.7 Å². The first kappa shape index (κ1) is 22.8. The second-order valence-corrected chi connectivity index (χ2v) is 8.94. The molecule has 2 unspecified atom stereocenters. The van der Waals surface area contributed by atoms with E-state index in [0.29, 0.717) is 40.3 Å². The summed E-state index contributed by atoms with van der Waals surface area (Å²) in [6.45, 7) is 10.8. The normalized spacial score (nSPS) is 19.0. The zero-order valence-corrected chi connectivity index (χ0v) is 19.0. The van der Waals surface area contributed by atoms with Crippen molar-refractivity contribution >= 4 is 17.4 Å². The number of ether oxygens (including phenoxy) is 2. The molecular weight excluding hydrogens is 394 g/mol. The highest BCUT2D eigenvalue weighted by Crippen LogP contribution is 2.49.